The quantitative estimate of drug-likeness (QED) is 0.400. The fraction of sp³-hybridized carbons (Fsp3) is 0.261. The van der Waals surface area contributed by atoms with E-state index in [0.717, 1.165) is 16.8 Å². The number of aromatic nitrogens is 1. The fourth-order valence-electron chi connectivity index (χ4n) is 3.82. The Morgan fingerprint density at radius 1 is 0.970 bits per heavy atom. The van der Waals surface area contributed by atoms with Crippen LogP contribution in [-0.2, 0) is 22.3 Å². The van der Waals surface area contributed by atoms with Crippen molar-refractivity contribution in [2.75, 3.05) is 36.4 Å². The van der Waals surface area contributed by atoms with E-state index in [1.165, 1.54) is 10.4 Å². The summed E-state index contributed by atoms with van der Waals surface area (Å²) in [5, 5.41) is 14.6. The second-order valence-electron chi connectivity index (χ2n) is 7.80. The van der Waals surface area contributed by atoms with Crippen LogP contribution in [0.15, 0.2) is 73.1 Å². The first-order valence-electron chi connectivity index (χ1n) is 10.6. The van der Waals surface area contributed by atoms with Crippen LogP contribution in [0.4, 0.5) is 17.1 Å². The third-order valence-electron chi connectivity index (χ3n) is 5.57. The van der Waals surface area contributed by atoms with Crippen LogP contribution in [0.25, 0.3) is 0 Å². The molecule has 0 saturated carbocycles. The van der Waals surface area contributed by atoms with Gasteiger partial charge >= 0.3 is 0 Å². The van der Waals surface area contributed by atoms with Gasteiger partial charge in [0.15, 0.2) is 0 Å². The van der Waals surface area contributed by atoms with Crippen LogP contribution in [0.3, 0.4) is 0 Å². The van der Waals surface area contributed by atoms with Crippen LogP contribution in [0, 0.1) is 10.1 Å². The lowest BCUT2D eigenvalue weighted by Crippen LogP contribution is -2.49. The summed E-state index contributed by atoms with van der Waals surface area (Å²) < 4.78 is 27.1. The van der Waals surface area contributed by atoms with Crippen LogP contribution in [-0.4, -0.2) is 48.8 Å². The number of anilines is 2. The SMILES string of the molecule is O=[N+]([O-])c1ccc(N2CCN(S(=O)(=O)Cc3ccccc3)CC2)cc1NCc1cccnc1. The molecule has 1 N–H and O–H groups in total. The number of hydrogen-bond donors (Lipinski definition) is 1. The summed E-state index contributed by atoms with van der Waals surface area (Å²) in [6.07, 6.45) is 3.38. The van der Waals surface area contributed by atoms with Gasteiger partial charge in [-0.3, -0.25) is 15.1 Å². The van der Waals surface area contributed by atoms with Gasteiger partial charge in [-0.05, 0) is 29.3 Å². The highest BCUT2D eigenvalue weighted by molar-refractivity contribution is 7.88. The Kier molecular flexibility index (Phi) is 6.85. The number of pyridine rings is 1. The lowest BCUT2D eigenvalue weighted by Gasteiger charge is -2.35. The molecular weight excluding hydrogens is 442 g/mol. The number of nitro benzene ring substituents is 1. The first-order chi connectivity index (χ1) is 15.9. The Labute approximate surface area is 192 Å². The van der Waals surface area contributed by atoms with Crippen LogP contribution in [0.1, 0.15) is 11.1 Å². The van der Waals surface area contributed by atoms with Gasteiger partial charge < -0.3 is 10.2 Å². The van der Waals surface area contributed by atoms with Crippen molar-refractivity contribution >= 4 is 27.1 Å². The highest BCUT2D eigenvalue weighted by Gasteiger charge is 2.28. The van der Waals surface area contributed by atoms with Gasteiger partial charge in [0.25, 0.3) is 5.69 Å². The normalized spacial score (nSPS) is 14.7. The molecule has 0 unspecified atom stereocenters. The van der Waals surface area contributed by atoms with E-state index in [4.69, 9.17) is 0 Å². The number of hydrogen-bond acceptors (Lipinski definition) is 7. The zero-order valence-corrected chi connectivity index (χ0v) is 18.8. The maximum Gasteiger partial charge on any atom is 0.292 e. The van der Waals surface area contributed by atoms with Gasteiger partial charge in [-0.15, -0.1) is 0 Å². The second kappa shape index (κ2) is 9.97. The molecule has 33 heavy (non-hydrogen) atoms. The summed E-state index contributed by atoms with van der Waals surface area (Å²) in [5.41, 5.74) is 2.90. The Morgan fingerprint density at radius 2 is 1.70 bits per heavy atom. The maximum atomic E-state index is 12.8. The van der Waals surface area contributed by atoms with E-state index < -0.39 is 14.9 Å². The maximum absolute atomic E-state index is 12.8. The molecule has 2 heterocycles. The minimum atomic E-state index is -3.41. The minimum Gasteiger partial charge on any atom is -0.375 e. The largest absolute Gasteiger partial charge is 0.375 e. The van der Waals surface area contributed by atoms with Crippen molar-refractivity contribution in [3.8, 4) is 0 Å². The monoisotopic (exact) mass is 467 g/mol. The standard InChI is InChI=1S/C23H25N5O4S/c29-28(30)23-9-8-21(15-22(23)25-17-20-7-4-10-24-16-20)26-11-13-27(14-12-26)33(31,32)18-19-5-2-1-3-6-19/h1-10,15-16,25H,11-14,17-18H2. The summed E-state index contributed by atoms with van der Waals surface area (Å²) >= 11 is 0. The smallest absolute Gasteiger partial charge is 0.292 e. The summed E-state index contributed by atoms with van der Waals surface area (Å²) in [4.78, 5) is 17.2. The molecule has 1 aliphatic rings. The number of piperazine rings is 1. The Bertz CT molecular complexity index is 1200. The van der Waals surface area contributed by atoms with Crippen LogP contribution < -0.4 is 10.2 Å². The third kappa shape index (κ3) is 5.65. The van der Waals surface area contributed by atoms with Gasteiger partial charge in [0, 0.05) is 56.9 Å². The van der Waals surface area contributed by atoms with Crippen LogP contribution in [0.2, 0.25) is 0 Å². The Hall–Kier alpha value is -3.50. The van der Waals surface area contributed by atoms with Crippen molar-refractivity contribution < 1.29 is 13.3 Å². The van der Waals surface area contributed by atoms with Crippen molar-refractivity contribution in [3.05, 3.63) is 94.3 Å². The lowest BCUT2D eigenvalue weighted by atomic mass is 10.2. The van der Waals surface area contributed by atoms with E-state index in [2.05, 4.69) is 10.3 Å². The topological polar surface area (TPSA) is 109 Å². The van der Waals surface area contributed by atoms with E-state index in [1.54, 1.807) is 24.5 Å². The van der Waals surface area contributed by atoms with E-state index in [9.17, 15) is 18.5 Å². The molecule has 0 atom stereocenters. The number of sulfonamides is 1. The van der Waals surface area contributed by atoms with E-state index in [0.29, 0.717) is 38.4 Å². The molecule has 1 aliphatic heterocycles. The third-order valence-corrected chi connectivity index (χ3v) is 7.42. The van der Waals surface area contributed by atoms with Gasteiger partial charge in [0.2, 0.25) is 10.0 Å². The average molecular weight is 468 g/mol. The first kappa shape index (κ1) is 22.7. The van der Waals surface area contributed by atoms with Crippen molar-refractivity contribution in [2.24, 2.45) is 0 Å². The minimum absolute atomic E-state index is 0.00767. The first-order valence-corrected chi connectivity index (χ1v) is 12.2. The number of rotatable bonds is 8. The number of nitro groups is 1. The van der Waals surface area contributed by atoms with E-state index in [-0.39, 0.29) is 11.4 Å². The predicted octanol–water partition coefficient (Wildman–Crippen LogP) is 3.25. The van der Waals surface area contributed by atoms with Gasteiger partial charge in [-0.2, -0.15) is 4.31 Å². The molecule has 3 aromatic rings. The molecular formula is C23H25N5O4S. The van der Waals surface area contributed by atoms with E-state index in [1.807, 2.05) is 47.4 Å². The van der Waals surface area contributed by atoms with Gasteiger partial charge in [0.1, 0.15) is 5.69 Å². The van der Waals surface area contributed by atoms with Crippen LogP contribution >= 0.6 is 0 Å². The molecule has 0 spiro atoms. The summed E-state index contributed by atoms with van der Waals surface area (Å²) in [6, 6.07) is 17.8. The molecule has 0 amide bonds. The molecule has 9 nitrogen and oxygen atoms in total. The second-order valence-corrected chi connectivity index (χ2v) is 9.77. The zero-order chi connectivity index (χ0) is 23.3. The molecule has 1 saturated heterocycles. The molecule has 0 aliphatic carbocycles. The molecule has 0 bridgehead atoms. The van der Waals surface area contributed by atoms with Gasteiger partial charge in [-0.25, -0.2) is 8.42 Å². The van der Waals surface area contributed by atoms with Crippen LogP contribution in [0.5, 0.6) is 0 Å². The molecule has 172 valence electrons. The molecule has 1 fully saturated rings. The number of benzene rings is 2. The van der Waals surface area contributed by atoms with Crippen molar-refractivity contribution in [3.63, 3.8) is 0 Å². The van der Waals surface area contributed by atoms with Crippen molar-refractivity contribution in [2.45, 2.75) is 12.3 Å². The highest BCUT2D eigenvalue weighted by atomic mass is 32.2. The molecule has 10 heteroatoms. The van der Waals surface area contributed by atoms with Crippen molar-refractivity contribution in [1.29, 1.82) is 0 Å². The Morgan fingerprint density at radius 3 is 2.36 bits per heavy atom. The number of nitrogens with zero attached hydrogens (tertiary/aromatic N) is 4. The molecule has 4 rings (SSSR count). The lowest BCUT2D eigenvalue weighted by molar-refractivity contribution is -0.384. The highest BCUT2D eigenvalue weighted by Crippen LogP contribution is 2.31. The van der Waals surface area contributed by atoms with E-state index >= 15 is 0 Å². The van der Waals surface area contributed by atoms with Gasteiger partial charge in [-0.1, -0.05) is 36.4 Å². The van der Waals surface area contributed by atoms with Gasteiger partial charge in [0.05, 0.1) is 10.7 Å². The number of nitrogens with one attached hydrogen (secondary N) is 1. The zero-order valence-electron chi connectivity index (χ0n) is 18.0. The Balaban J connectivity index is 1.43. The summed E-state index contributed by atoms with van der Waals surface area (Å²) in [5.74, 6) is -0.0201. The predicted molar refractivity (Wildman–Crippen MR) is 128 cm³/mol. The summed E-state index contributed by atoms with van der Waals surface area (Å²) in [6.45, 7) is 2.15. The average Bonchev–Trinajstić information content (AvgIpc) is 2.83. The van der Waals surface area contributed by atoms with Crippen molar-refractivity contribution in [1.82, 2.24) is 9.29 Å². The summed E-state index contributed by atoms with van der Waals surface area (Å²) in [7, 11) is -3.41. The fourth-order valence-corrected chi connectivity index (χ4v) is 5.34. The molecule has 1 aromatic heterocycles. The molecule has 0 radical (unpaired) electrons. The molecule has 2 aromatic carbocycles.